The highest BCUT2D eigenvalue weighted by Gasteiger charge is 2.34. The summed E-state index contributed by atoms with van der Waals surface area (Å²) in [4.78, 5) is 36.7. The molecule has 1 heterocycles. The Morgan fingerprint density at radius 2 is 1.80 bits per heavy atom. The molecule has 1 aliphatic rings. The van der Waals surface area contributed by atoms with E-state index in [-0.39, 0.29) is 11.1 Å². The number of fused-ring (bicyclic) bond motifs is 1. The number of amides is 2. The molecule has 6 heteroatoms. The number of carboxylic acid groups (broad SMARTS) is 1. The molecular weight excluding hydrogens is 322 g/mol. The first-order chi connectivity index (χ1) is 12.0. The molecule has 0 atom stereocenters. The van der Waals surface area contributed by atoms with Crippen molar-refractivity contribution >= 4 is 29.4 Å². The molecule has 0 aromatic heterocycles. The fourth-order valence-corrected chi connectivity index (χ4v) is 2.71. The fourth-order valence-electron chi connectivity index (χ4n) is 2.71. The Bertz CT molecular complexity index is 900. The van der Waals surface area contributed by atoms with Gasteiger partial charge in [-0.3, -0.25) is 14.5 Å². The lowest BCUT2D eigenvalue weighted by atomic mass is 9.92. The van der Waals surface area contributed by atoms with Crippen LogP contribution in [0.15, 0.2) is 48.5 Å². The van der Waals surface area contributed by atoms with Crippen LogP contribution in [0.3, 0.4) is 0 Å². The van der Waals surface area contributed by atoms with E-state index in [1.54, 1.807) is 54.6 Å². The van der Waals surface area contributed by atoms with Gasteiger partial charge in [0, 0.05) is 11.1 Å². The highest BCUT2D eigenvalue weighted by Crippen LogP contribution is 2.30. The molecule has 0 fully saturated rings. The van der Waals surface area contributed by atoms with Gasteiger partial charge in [-0.25, -0.2) is 0 Å². The number of imide groups is 1. The predicted molar refractivity (Wildman–Crippen MR) is 88.4 cm³/mol. The highest BCUT2D eigenvalue weighted by molar-refractivity contribution is 6.34. The minimum atomic E-state index is -1.50. The summed E-state index contributed by atoms with van der Waals surface area (Å²) in [5.74, 6) is -2.20. The third-order valence-corrected chi connectivity index (χ3v) is 3.86. The standard InChI is InChI=1S/C19H15NO5/c1-25-13-6-4-5-12(9-13)10-16-14-7-2-3-8-15(14)18(23)20(19(16)24)11-17(21)22/h2-10H,11H2,1H3,(H,21,22)/p-1/b16-10-. The number of hydrogen-bond acceptors (Lipinski definition) is 5. The Morgan fingerprint density at radius 1 is 1.08 bits per heavy atom. The van der Waals surface area contributed by atoms with E-state index in [0.717, 1.165) is 0 Å². The zero-order valence-corrected chi connectivity index (χ0v) is 13.4. The number of carboxylic acids is 1. The number of aliphatic carboxylic acids is 1. The molecule has 0 bridgehead atoms. The minimum absolute atomic E-state index is 0.240. The Labute approximate surface area is 143 Å². The first-order valence-electron chi connectivity index (χ1n) is 7.52. The van der Waals surface area contributed by atoms with E-state index < -0.39 is 24.3 Å². The van der Waals surface area contributed by atoms with Gasteiger partial charge in [0.2, 0.25) is 0 Å². The van der Waals surface area contributed by atoms with Gasteiger partial charge in [0.15, 0.2) is 0 Å². The van der Waals surface area contributed by atoms with Crippen LogP contribution >= 0.6 is 0 Å². The molecule has 3 rings (SSSR count). The number of nitrogens with zero attached hydrogens (tertiary/aromatic N) is 1. The smallest absolute Gasteiger partial charge is 0.261 e. The lowest BCUT2D eigenvalue weighted by Gasteiger charge is -2.28. The summed E-state index contributed by atoms with van der Waals surface area (Å²) in [5, 5.41) is 10.9. The fraction of sp³-hybridized carbons (Fsp3) is 0.105. The molecule has 0 saturated carbocycles. The zero-order chi connectivity index (χ0) is 18.0. The number of carbonyl (C=O) groups is 3. The van der Waals surface area contributed by atoms with Crippen molar-refractivity contribution in [3.63, 3.8) is 0 Å². The van der Waals surface area contributed by atoms with Crippen LogP contribution in [-0.2, 0) is 9.59 Å². The average molecular weight is 336 g/mol. The number of hydrogen-bond donors (Lipinski definition) is 0. The number of benzene rings is 2. The van der Waals surface area contributed by atoms with E-state index in [0.29, 0.717) is 21.8 Å². The van der Waals surface area contributed by atoms with Crippen LogP contribution in [0.2, 0.25) is 0 Å². The first-order valence-corrected chi connectivity index (χ1v) is 7.52. The van der Waals surface area contributed by atoms with Crippen LogP contribution in [0.25, 0.3) is 11.6 Å². The maximum atomic E-state index is 12.7. The van der Waals surface area contributed by atoms with Gasteiger partial charge < -0.3 is 14.6 Å². The predicted octanol–water partition coefficient (Wildman–Crippen LogP) is 0.968. The molecule has 0 radical (unpaired) electrons. The van der Waals surface area contributed by atoms with E-state index in [1.807, 2.05) is 0 Å². The van der Waals surface area contributed by atoms with Gasteiger partial charge >= 0.3 is 0 Å². The highest BCUT2D eigenvalue weighted by atomic mass is 16.5. The van der Waals surface area contributed by atoms with Crippen LogP contribution < -0.4 is 9.84 Å². The van der Waals surface area contributed by atoms with E-state index in [1.165, 1.54) is 7.11 Å². The van der Waals surface area contributed by atoms with Crippen LogP contribution in [-0.4, -0.2) is 36.3 Å². The Hall–Kier alpha value is -3.41. The molecular formula is C19H14NO5-. The third kappa shape index (κ3) is 3.14. The second-order valence-corrected chi connectivity index (χ2v) is 5.45. The van der Waals surface area contributed by atoms with Crippen LogP contribution in [0, 0.1) is 0 Å². The molecule has 2 aromatic rings. The lowest BCUT2D eigenvalue weighted by molar-refractivity contribution is -0.305. The molecule has 0 N–H and O–H groups in total. The average Bonchev–Trinajstić information content (AvgIpc) is 2.62. The monoisotopic (exact) mass is 336 g/mol. The van der Waals surface area contributed by atoms with Crippen LogP contribution in [0.5, 0.6) is 5.75 Å². The molecule has 2 aromatic carbocycles. The number of carbonyl (C=O) groups excluding carboxylic acids is 3. The van der Waals surface area contributed by atoms with E-state index in [2.05, 4.69) is 0 Å². The summed E-state index contributed by atoms with van der Waals surface area (Å²) in [5.41, 5.74) is 1.68. The first kappa shape index (κ1) is 16.4. The van der Waals surface area contributed by atoms with E-state index in [9.17, 15) is 19.5 Å². The Kier molecular flexibility index (Phi) is 4.35. The minimum Gasteiger partial charge on any atom is -0.548 e. The molecule has 25 heavy (non-hydrogen) atoms. The lowest BCUT2D eigenvalue weighted by Crippen LogP contribution is -2.47. The number of ether oxygens (including phenoxy) is 1. The molecule has 6 nitrogen and oxygen atoms in total. The summed E-state index contributed by atoms with van der Waals surface area (Å²) in [6.45, 7) is -0.790. The van der Waals surface area contributed by atoms with Crippen molar-refractivity contribution < 1.29 is 24.2 Å². The van der Waals surface area contributed by atoms with Crippen molar-refractivity contribution in [3.8, 4) is 5.75 Å². The second kappa shape index (κ2) is 6.60. The van der Waals surface area contributed by atoms with Gasteiger partial charge in [0.1, 0.15) is 5.75 Å². The number of methoxy groups -OCH3 is 1. The summed E-state index contributed by atoms with van der Waals surface area (Å²) in [6, 6.07) is 13.7. The Balaban J connectivity index is 2.14. The van der Waals surface area contributed by atoms with Gasteiger partial charge in [-0.2, -0.15) is 0 Å². The van der Waals surface area contributed by atoms with Gasteiger partial charge in [-0.05, 0) is 35.4 Å². The Morgan fingerprint density at radius 3 is 2.48 bits per heavy atom. The largest absolute Gasteiger partial charge is 0.548 e. The number of rotatable bonds is 4. The second-order valence-electron chi connectivity index (χ2n) is 5.45. The maximum Gasteiger partial charge on any atom is 0.261 e. The van der Waals surface area contributed by atoms with Crippen molar-refractivity contribution in [1.29, 1.82) is 0 Å². The maximum absolute atomic E-state index is 12.7. The van der Waals surface area contributed by atoms with Crippen molar-refractivity contribution in [2.45, 2.75) is 0 Å². The van der Waals surface area contributed by atoms with Crippen molar-refractivity contribution in [2.75, 3.05) is 13.7 Å². The molecule has 0 aliphatic carbocycles. The molecule has 0 saturated heterocycles. The van der Waals surface area contributed by atoms with Crippen LogP contribution in [0.4, 0.5) is 0 Å². The van der Waals surface area contributed by atoms with Crippen molar-refractivity contribution in [1.82, 2.24) is 4.90 Å². The van der Waals surface area contributed by atoms with Gasteiger partial charge in [0.05, 0.1) is 19.6 Å². The molecule has 2 amide bonds. The van der Waals surface area contributed by atoms with Gasteiger partial charge in [0.25, 0.3) is 11.8 Å². The SMILES string of the molecule is COc1cccc(/C=C2\C(=O)N(CC(=O)[O-])C(=O)c3ccccc32)c1. The molecule has 126 valence electrons. The quantitative estimate of drug-likeness (QED) is 0.613. The van der Waals surface area contributed by atoms with Gasteiger partial charge in [-0.1, -0.05) is 30.3 Å². The molecule has 0 spiro atoms. The zero-order valence-electron chi connectivity index (χ0n) is 13.4. The molecule has 0 unspecified atom stereocenters. The van der Waals surface area contributed by atoms with E-state index in [4.69, 9.17) is 4.74 Å². The summed E-state index contributed by atoms with van der Waals surface area (Å²) in [6.07, 6.45) is 1.61. The van der Waals surface area contributed by atoms with E-state index >= 15 is 0 Å². The summed E-state index contributed by atoms with van der Waals surface area (Å²) in [7, 11) is 1.54. The normalized spacial score (nSPS) is 15.2. The summed E-state index contributed by atoms with van der Waals surface area (Å²) >= 11 is 0. The molecule has 1 aliphatic heterocycles. The third-order valence-electron chi connectivity index (χ3n) is 3.86. The topological polar surface area (TPSA) is 86.7 Å². The summed E-state index contributed by atoms with van der Waals surface area (Å²) < 4.78 is 5.17. The van der Waals surface area contributed by atoms with Crippen molar-refractivity contribution in [2.24, 2.45) is 0 Å². The van der Waals surface area contributed by atoms with Crippen LogP contribution in [0.1, 0.15) is 21.5 Å². The van der Waals surface area contributed by atoms with Crippen molar-refractivity contribution in [3.05, 3.63) is 65.2 Å². The van der Waals surface area contributed by atoms with Gasteiger partial charge in [-0.15, -0.1) is 0 Å².